The van der Waals surface area contributed by atoms with E-state index in [4.69, 9.17) is 18.4 Å². The molecule has 0 bridgehead atoms. The van der Waals surface area contributed by atoms with Crippen molar-refractivity contribution in [1.82, 2.24) is 9.88 Å². The summed E-state index contributed by atoms with van der Waals surface area (Å²) in [4.78, 5) is 3.36. The van der Waals surface area contributed by atoms with Gasteiger partial charge in [-0.1, -0.05) is 0 Å². The molecular weight excluding hydrogens is 200 g/mol. The topological polar surface area (TPSA) is 28.3 Å². The molecule has 1 aromatic heterocycles. The summed E-state index contributed by atoms with van der Waals surface area (Å²) in [6.45, 7) is -5.77. The lowest BCUT2D eigenvalue weighted by molar-refractivity contribution is 0.414. The van der Waals surface area contributed by atoms with Crippen LogP contribution >= 0.6 is 0 Å². The molecule has 0 fully saturated rings. The van der Waals surface area contributed by atoms with Crippen molar-refractivity contribution in [3.8, 4) is 5.75 Å². The number of aromatic nitrogens is 1. The van der Waals surface area contributed by atoms with Crippen LogP contribution in [0.3, 0.4) is 0 Å². The number of hydrogen-bond donors (Lipinski definition) is 1. The zero-order chi connectivity index (χ0) is 19.9. The van der Waals surface area contributed by atoms with Gasteiger partial charge in [-0.15, -0.1) is 0 Å². The van der Waals surface area contributed by atoms with Crippen LogP contribution < -0.4 is 4.74 Å². The molecule has 16 heavy (non-hydrogen) atoms. The van der Waals surface area contributed by atoms with E-state index in [0.717, 1.165) is 0 Å². The fourth-order valence-electron chi connectivity index (χ4n) is 1.60. The molecule has 1 heterocycles. The standard InChI is InChI=1S/C13H18N2O/c1-15(2)7-6-10-9-14-13-8-11(16-3)4-5-12(10)13/h4-5,8-9,14H,6-7H2,1-3H3/i1D3,2D3,3D3,4D. The molecule has 0 unspecified atom stereocenters. The van der Waals surface area contributed by atoms with Gasteiger partial charge in [0.1, 0.15) is 5.75 Å². The first-order valence-corrected chi connectivity index (χ1v) is 4.76. The van der Waals surface area contributed by atoms with Crippen LogP contribution in [0.4, 0.5) is 0 Å². The van der Waals surface area contributed by atoms with Crippen molar-refractivity contribution in [2.24, 2.45) is 0 Å². The lowest BCUT2D eigenvalue weighted by atomic mass is 10.1. The van der Waals surface area contributed by atoms with E-state index in [1.165, 1.54) is 12.1 Å². The summed E-state index contributed by atoms with van der Waals surface area (Å²) in [7, 11) is -2.68. The highest BCUT2D eigenvalue weighted by atomic mass is 16.5. The van der Waals surface area contributed by atoms with Gasteiger partial charge in [0.05, 0.1) is 12.5 Å². The van der Waals surface area contributed by atoms with Crippen molar-refractivity contribution in [2.45, 2.75) is 6.42 Å². The average molecular weight is 228 g/mol. The van der Waals surface area contributed by atoms with Gasteiger partial charge in [0.25, 0.3) is 0 Å². The number of hydrogen-bond acceptors (Lipinski definition) is 2. The highest BCUT2D eigenvalue weighted by Crippen LogP contribution is 2.23. The Hall–Kier alpha value is -1.48. The largest absolute Gasteiger partial charge is 0.497 e. The number of fused-ring (bicyclic) bond motifs is 1. The maximum atomic E-state index is 7.90. The lowest BCUT2D eigenvalue weighted by Crippen LogP contribution is -2.14. The monoisotopic (exact) mass is 228 g/mol. The molecule has 0 saturated heterocycles. The first-order valence-electron chi connectivity index (χ1n) is 9.76. The van der Waals surface area contributed by atoms with E-state index in [0.29, 0.717) is 21.4 Å². The Morgan fingerprint density at radius 2 is 2.50 bits per heavy atom. The summed E-state index contributed by atoms with van der Waals surface area (Å²) in [5.74, 6) is -0.113. The van der Waals surface area contributed by atoms with Gasteiger partial charge in [0.2, 0.25) is 0 Å². The number of nitrogens with zero attached hydrogens (tertiary/aromatic N) is 1. The number of benzene rings is 1. The second-order valence-corrected chi connectivity index (χ2v) is 3.44. The number of rotatable bonds is 4. The average Bonchev–Trinajstić information content (AvgIpc) is 2.77. The molecule has 3 heteroatoms. The first kappa shape index (κ1) is 4.08. The van der Waals surface area contributed by atoms with Gasteiger partial charge in [-0.2, -0.15) is 0 Å². The lowest BCUT2D eigenvalue weighted by Gasteiger charge is -2.08. The summed E-state index contributed by atoms with van der Waals surface area (Å²) < 4.78 is 78.3. The number of likely N-dealkylation sites (N-methyl/N-ethyl adjacent to an activating group) is 1. The van der Waals surface area contributed by atoms with E-state index >= 15 is 0 Å². The minimum atomic E-state index is -2.77. The van der Waals surface area contributed by atoms with E-state index < -0.39 is 21.0 Å². The molecule has 2 aromatic rings. The minimum absolute atomic E-state index is 0.113. The van der Waals surface area contributed by atoms with Crippen LogP contribution in [-0.2, 0) is 6.42 Å². The Morgan fingerprint density at radius 1 is 1.56 bits per heavy atom. The van der Waals surface area contributed by atoms with E-state index in [1.807, 2.05) is 0 Å². The molecular formula is C13H18N2O. The second-order valence-electron chi connectivity index (χ2n) is 3.44. The van der Waals surface area contributed by atoms with Crippen molar-refractivity contribution in [3.63, 3.8) is 0 Å². The van der Waals surface area contributed by atoms with Gasteiger partial charge in [-0.05, 0) is 38.0 Å². The van der Waals surface area contributed by atoms with Crippen LogP contribution in [0, 0.1) is 0 Å². The van der Waals surface area contributed by atoms with Crippen LogP contribution in [0.1, 0.15) is 19.3 Å². The van der Waals surface area contributed by atoms with Gasteiger partial charge in [-0.3, -0.25) is 0 Å². The third-order valence-electron chi connectivity index (χ3n) is 2.39. The predicted octanol–water partition coefficient (Wildman–Crippen LogP) is 2.28. The summed E-state index contributed by atoms with van der Waals surface area (Å²) >= 11 is 0. The Bertz CT molecular complexity index is 760. The molecule has 0 radical (unpaired) electrons. The Morgan fingerprint density at radius 3 is 3.31 bits per heavy atom. The molecule has 0 atom stereocenters. The third-order valence-corrected chi connectivity index (χ3v) is 2.39. The van der Waals surface area contributed by atoms with Gasteiger partial charge < -0.3 is 14.6 Å². The number of ether oxygens (including phenoxy) is 1. The third kappa shape index (κ3) is 2.19. The van der Waals surface area contributed by atoms with Crippen LogP contribution in [-0.4, -0.2) is 37.4 Å². The smallest absolute Gasteiger partial charge is 0.120 e. The fourth-order valence-corrected chi connectivity index (χ4v) is 1.60. The number of H-pyrrole nitrogens is 1. The number of aromatic amines is 1. The Labute approximate surface area is 110 Å². The van der Waals surface area contributed by atoms with Crippen LogP contribution in [0.5, 0.6) is 5.75 Å². The van der Waals surface area contributed by atoms with E-state index in [1.54, 1.807) is 6.20 Å². The van der Waals surface area contributed by atoms with E-state index in [-0.39, 0.29) is 24.8 Å². The maximum absolute atomic E-state index is 7.90. The molecule has 1 N–H and O–H groups in total. The molecule has 3 nitrogen and oxygen atoms in total. The maximum Gasteiger partial charge on any atom is 0.120 e. The molecule has 2 rings (SSSR count). The SMILES string of the molecule is [2H]c1cc2c(CCN(C([2H])([2H])[2H])C([2H])([2H])[2H])c[nH]c2cc1OC([2H])([2H])[2H]. The van der Waals surface area contributed by atoms with Gasteiger partial charge in [0.15, 0.2) is 0 Å². The van der Waals surface area contributed by atoms with Crippen molar-refractivity contribution < 1.29 is 18.4 Å². The van der Waals surface area contributed by atoms with E-state index in [2.05, 4.69) is 4.98 Å². The van der Waals surface area contributed by atoms with E-state index in [9.17, 15) is 0 Å². The quantitative estimate of drug-likeness (QED) is 0.869. The molecule has 0 spiro atoms. The molecule has 1 aromatic carbocycles. The summed E-state index contributed by atoms with van der Waals surface area (Å²) in [6.07, 6.45) is 1.69. The minimum Gasteiger partial charge on any atom is -0.497 e. The Kier molecular flexibility index (Phi) is 1.17. The van der Waals surface area contributed by atoms with Crippen molar-refractivity contribution in [2.75, 3.05) is 27.5 Å². The molecule has 0 aliphatic heterocycles. The van der Waals surface area contributed by atoms with Crippen LogP contribution in [0.25, 0.3) is 10.9 Å². The fraction of sp³-hybridized carbons (Fsp3) is 0.385. The second kappa shape index (κ2) is 4.58. The summed E-state index contributed by atoms with van der Waals surface area (Å²) in [6, 6.07) is 2.63. The Balaban J connectivity index is 2.27. The first-order chi connectivity index (χ1) is 11.7. The van der Waals surface area contributed by atoms with Gasteiger partial charge >= 0.3 is 0 Å². The number of nitrogens with one attached hydrogen (secondary N) is 1. The summed E-state index contributed by atoms with van der Waals surface area (Å²) in [5, 5.41) is 0.573. The van der Waals surface area contributed by atoms with Crippen molar-refractivity contribution >= 4 is 10.9 Å². The zero-order valence-corrected chi connectivity index (χ0v) is 8.50. The van der Waals surface area contributed by atoms with Crippen molar-refractivity contribution in [3.05, 3.63) is 29.9 Å². The van der Waals surface area contributed by atoms with Crippen LogP contribution in [0.15, 0.2) is 24.4 Å². The highest BCUT2D eigenvalue weighted by molar-refractivity contribution is 5.84. The van der Waals surface area contributed by atoms with Crippen molar-refractivity contribution in [1.29, 1.82) is 0 Å². The number of methoxy groups -OCH3 is 1. The van der Waals surface area contributed by atoms with Gasteiger partial charge in [-0.25, -0.2) is 0 Å². The normalized spacial score (nSPS) is 22.8. The summed E-state index contributed by atoms with van der Waals surface area (Å²) in [5.41, 5.74) is 1.12. The molecule has 86 valence electrons. The van der Waals surface area contributed by atoms with Crippen LogP contribution in [0.2, 0.25) is 0 Å². The van der Waals surface area contributed by atoms with Gasteiger partial charge in [0, 0.05) is 37.9 Å². The molecule has 0 aliphatic rings. The molecule has 0 aliphatic carbocycles. The molecule has 0 amide bonds. The zero-order valence-electron chi connectivity index (χ0n) is 18.5. The molecule has 0 saturated carbocycles. The highest BCUT2D eigenvalue weighted by Gasteiger charge is 2.04. The predicted molar refractivity (Wildman–Crippen MR) is 67.1 cm³/mol.